The lowest BCUT2D eigenvalue weighted by molar-refractivity contribution is 0.352. The molecule has 0 aliphatic carbocycles. The zero-order chi connectivity index (χ0) is 37.5. The van der Waals surface area contributed by atoms with Crippen LogP contribution in [-0.4, -0.2) is 41.7 Å². The summed E-state index contributed by atoms with van der Waals surface area (Å²) in [5.74, 6) is 4.55. The van der Waals surface area contributed by atoms with Crippen LogP contribution in [0.3, 0.4) is 0 Å². The summed E-state index contributed by atoms with van der Waals surface area (Å²) in [7, 11) is 6.61. The van der Waals surface area contributed by atoms with E-state index in [1.165, 1.54) is 0 Å². The number of methoxy groups -OCH3 is 4. The Morgan fingerprint density at radius 2 is 0.630 bits per heavy atom. The predicted molar refractivity (Wildman–Crippen MR) is 218 cm³/mol. The molecule has 0 unspecified atom stereocenters. The molecule has 0 amide bonds. The van der Waals surface area contributed by atoms with Gasteiger partial charge in [0.15, 0.2) is 0 Å². The molecular weight excluding hydrogens is 681 g/mol. The highest BCUT2D eigenvalue weighted by Gasteiger charge is 2.09. The van der Waals surface area contributed by atoms with Crippen molar-refractivity contribution in [2.24, 2.45) is 0 Å². The number of anilines is 8. The fourth-order valence-electron chi connectivity index (χ4n) is 5.42. The minimum atomic E-state index is 0.341. The van der Waals surface area contributed by atoms with Gasteiger partial charge in [0.2, 0.25) is 0 Å². The standard InChI is InChI=1S/C44H44N4O6/c1-49-37-17-7-31(8-18-37)45-35-15-25-43(41(29-35)47-33-11-21-39(51-3)22-12-33)53-27-5-6-28-54-44-26-16-36(46-32-9-19-38(50-2)20-10-32)30-42(44)48-34-13-23-40(52-4)24-14-34/h5-26,29-30,45-48H,27-28H2,1-4H3. The third kappa shape index (κ3) is 10.3. The first-order valence-corrected chi connectivity index (χ1v) is 17.3. The van der Waals surface area contributed by atoms with Crippen molar-refractivity contribution in [3.8, 4) is 34.5 Å². The van der Waals surface area contributed by atoms with Crippen LogP contribution in [0.15, 0.2) is 146 Å². The lowest BCUT2D eigenvalue weighted by Gasteiger charge is -2.16. The number of benzene rings is 6. The van der Waals surface area contributed by atoms with Gasteiger partial charge in [-0.3, -0.25) is 0 Å². The van der Waals surface area contributed by atoms with Crippen molar-refractivity contribution in [3.05, 3.63) is 146 Å². The first-order valence-electron chi connectivity index (χ1n) is 17.3. The maximum atomic E-state index is 6.24. The second-order valence-electron chi connectivity index (χ2n) is 11.9. The molecule has 276 valence electrons. The summed E-state index contributed by atoms with van der Waals surface area (Å²) in [5, 5.41) is 13.9. The van der Waals surface area contributed by atoms with Gasteiger partial charge >= 0.3 is 0 Å². The van der Waals surface area contributed by atoms with Crippen molar-refractivity contribution >= 4 is 45.5 Å². The Labute approximate surface area is 316 Å². The number of hydrogen-bond donors (Lipinski definition) is 4. The van der Waals surface area contributed by atoms with E-state index in [0.717, 1.165) is 68.5 Å². The van der Waals surface area contributed by atoms with Crippen LogP contribution < -0.4 is 49.7 Å². The normalized spacial score (nSPS) is 10.7. The van der Waals surface area contributed by atoms with E-state index in [4.69, 9.17) is 28.4 Å². The maximum Gasteiger partial charge on any atom is 0.143 e. The molecule has 4 N–H and O–H groups in total. The zero-order valence-electron chi connectivity index (χ0n) is 30.7. The van der Waals surface area contributed by atoms with Crippen molar-refractivity contribution in [1.82, 2.24) is 0 Å². The number of hydrogen-bond acceptors (Lipinski definition) is 10. The van der Waals surface area contributed by atoms with Crippen molar-refractivity contribution in [2.45, 2.75) is 0 Å². The van der Waals surface area contributed by atoms with Crippen LogP contribution in [-0.2, 0) is 0 Å². The minimum absolute atomic E-state index is 0.341. The monoisotopic (exact) mass is 724 g/mol. The number of rotatable bonds is 18. The molecular formula is C44H44N4O6. The molecule has 0 spiro atoms. The Morgan fingerprint density at radius 1 is 0.352 bits per heavy atom. The Bertz CT molecular complexity index is 1950. The molecule has 6 rings (SSSR count). The fraction of sp³-hybridized carbons (Fsp3) is 0.136. The van der Waals surface area contributed by atoms with Crippen molar-refractivity contribution in [2.75, 3.05) is 62.9 Å². The van der Waals surface area contributed by atoms with Gasteiger partial charge in [-0.2, -0.15) is 0 Å². The highest BCUT2D eigenvalue weighted by molar-refractivity contribution is 5.75. The molecule has 0 aliphatic rings. The predicted octanol–water partition coefficient (Wildman–Crippen LogP) is 10.7. The average Bonchev–Trinajstić information content (AvgIpc) is 3.21. The summed E-state index contributed by atoms with van der Waals surface area (Å²) in [4.78, 5) is 0. The van der Waals surface area contributed by atoms with E-state index < -0.39 is 0 Å². The van der Waals surface area contributed by atoms with Crippen LogP contribution in [0.25, 0.3) is 0 Å². The highest BCUT2D eigenvalue weighted by atomic mass is 16.5. The molecule has 10 heteroatoms. The maximum absolute atomic E-state index is 6.24. The van der Waals surface area contributed by atoms with Gasteiger partial charge in [0.05, 0.1) is 39.8 Å². The van der Waals surface area contributed by atoms with E-state index in [-0.39, 0.29) is 0 Å². The second-order valence-corrected chi connectivity index (χ2v) is 11.9. The third-order valence-electron chi connectivity index (χ3n) is 8.29. The van der Waals surface area contributed by atoms with Crippen molar-refractivity contribution in [3.63, 3.8) is 0 Å². The van der Waals surface area contributed by atoms with Crippen molar-refractivity contribution < 1.29 is 28.4 Å². The largest absolute Gasteiger partial charge is 0.497 e. The number of ether oxygens (including phenoxy) is 6. The van der Waals surface area contributed by atoms with Crippen LogP contribution in [0.5, 0.6) is 34.5 Å². The minimum Gasteiger partial charge on any atom is -0.497 e. The van der Waals surface area contributed by atoms with E-state index in [1.807, 2.05) is 146 Å². The Morgan fingerprint density at radius 3 is 0.926 bits per heavy atom. The quantitative estimate of drug-likeness (QED) is 0.0641. The summed E-state index contributed by atoms with van der Waals surface area (Å²) < 4.78 is 33.7. The SMILES string of the molecule is COc1ccc(Nc2ccc(OCC=CCOc3ccc(Nc4ccc(OC)cc4)cc3Nc3ccc(OC)cc3)c(Nc3ccc(OC)cc3)c2)cc1. The van der Waals surface area contributed by atoms with Gasteiger partial charge in [-0.05, 0) is 146 Å². The van der Waals surface area contributed by atoms with E-state index in [9.17, 15) is 0 Å². The molecule has 0 fully saturated rings. The zero-order valence-corrected chi connectivity index (χ0v) is 30.7. The van der Waals surface area contributed by atoms with Crippen LogP contribution in [0.1, 0.15) is 0 Å². The van der Waals surface area contributed by atoms with Gasteiger partial charge in [-0.1, -0.05) is 0 Å². The molecule has 0 saturated heterocycles. The Balaban J connectivity index is 1.12. The third-order valence-corrected chi connectivity index (χ3v) is 8.29. The van der Waals surface area contributed by atoms with Crippen LogP contribution in [0.4, 0.5) is 45.5 Å². The first-order chi connectivity index (χ1) is 26.5. The molecule has 0 saturated carbocycles. The topological polar surface area (TPSA) is 104 Å². The molecule has 10 nitrogen and oxygen atoms in total. The summed E-state index contributed by atoms with van der Waals surface area (Å²) in [5.41, 5.74) is 7.09. The fourth-order valence-corrected chi connectivity index (χ4v) is 5.42. The van der Waals surface area contributed by atoms with Gasteiger partial charge in [0.1, 0.15) is 47.7 Å². The molecule has 54 heavy (non-hydrogen) atoms. The lowest BCUT2D eigenvalue weighted by Crippen LogP contribution is -2.02. The summed E-state index contributed by atoms with van der Waals surface area (Å²) in [6.07, 6.45) is 3.88. The average molecular weight is 725 g/mol. The van der Waals surface area contributed by atoms with Gasteiger partial charge < -0.3 is 49.7 Å². The second kappa shape index (κ2) is 18.5. The van der Waals surface area contributed by atoms with Gasteiger partial charge in [0, 0.05) is 34.1 Å². The molecule has 6 aromatic carbocycles. The summed E-state index contributed by atoms with van der Waals surface area (Å²) >= 11 is 0. The van der Waals surface area contributed by atoms with Gasteiger partial charge in [0.25, 0.3) is 0 Å². The van der Waals surface area contributed by atoms with Crippen LogP contribution in [0, 0.1) is 0 Å². The molecule has 0 radical (unpaired) electrons. The van der Waals surface area contributed by atoms with E-state index in [0.29, 0.717) is 24.7 Å². The summed E-state index contributed by atoms with van der Waals surface area (Å²) in [6, 6.07) is 42.9. The van der Waals surface area contributed by atoms with E-state index >= 15 is 0 Å². The molecule has 0 heterocycles. The Kier molecular flexibility index (Phi) is 12.6. The number of nitrogens with one attached hydrogen (secondary N) is 4. The highest BCUT2D eigenvalue weighted by Crippen LogP contribution is 2.35. The lowest BCUT2D eigenvalue weighted by atomic mass is 10.2. The van der Waals surface area contributed by atoms with Gasteiger partial charge in [-0.25, -0.2) is 0 Å². The molecule has 0 bridgehead atoms. The van der Waals surface area contributed by atoms with E-state index in [2.05, 4.69) is 21.3 Å². The van der Waals surface area contributed by atoms with E-state index in [1.54, 1.807) is 28.4 Å². The smallest absolute Gasteiger partial charge is 0.143 e. The summed E-state index contributed by atoms with van der Waals surface area (Å²) in [6.45, 7) is 0.682. The molecule has 0 aromatic heterocycles. The van der Waals surface area contributed by atoms with Crippen LogP contribution >= 0.6 is 0 Å². The molecule has 6 aromatic rings. The first kappa shape index (κ1) is 36.8. The van der Waals surface area contributed by atoms with Crippen LogP contribution in [0.2, 0.25) is 0 Å². The molecule has 0 aliphatic heterocycles. The molecule has 0 atom stereocenters. The van der Waals surface area contributed by atoms with Crippen molar-refractivity contribution in [1.29, 1.82) is 0 Å². The van der Waals surface area contributed by atoms with Gasteiger partial charge in [-0.15, -0.1) is 0 Å². The Hall–Kier alpha value is -6.94.